The summed E-state index contributed by atoms with van der Waals surface area (Å²) in [5.74, 6) is 0. The summed E-state index contributed by atoms with van der Waals surface area (Å²) < 4.78 is 0. The van der Waals surface area contributed by atoms with E-state index in [4.69, 9.17) is 0 Å². The van der Waals surface area contributed by atoms with Crippen LogP contribution in [0.1, 0.15) is 11.1 Å². The summed E-state index contributed by atoms with van der Waals surface area (Å²) in [6.45, 7) is 0. The van der Waals surface area contributed by atoms with E-state index in [1.165, 1.54) is 16.5 Å². The van der Waals surface area contributed by atoms with Crippen LogP contribution in [0, 0.1) is 0 Å². The number of benzene rings is 2. The van der Waals surface area contributed by atoms with Crippen molar-refractivity contribution < 1.29 is 0 Å². The summed E-state index contributed by atoms with van der Waals surface area (Å²) in [6.07, 6.45) is 5.96. The van der Waals surface area contributed by atoms with Gasteiger partial charge >= 0.3 is 0 Å². The van der Waals surface area contributed by atoms with Gasteiger partial charge in [-0.05, 0) is 29.8 Å². The van der Waals surface area contributed by atoms with E-state index < -0.39 is 0 Å². The molecule has 2 nitrogen and oxygen atoms in total. The fraction of sp³-hybridized carbons (Fsp3) is 0. The van der Waals surface area contributed by atoms with Crippen LogP contribution in [0.3, 0.4) is 0 Å². The van der Waals surface area contributed by atoms with Gasteiger partial charge in [-0.25, -0.2) is 0 Å². The van der Waals surface area contributed by atoms with Crippen LogP contribution in [-0.2, 0) is 0 Å². The second kappa shape index (κ2) is 4.42. The van der Waals surface area contributed by atoms with E-state index in [0.29, 0.717) is 0 Å². The van der Waals surface area contributed by atoms with Crippen molar-refractivity contribution in [1.29, 1.82) is 0 Å². The molecule has 94 valence electrons. The van der Waals surface area contributed by atoms with Gasteiger partial charge in [-0.3, -0.25) is 9.98 Å². The predicted octanol–water partition coefficient (Wildman–Crippen LogP) is 4.49. The standard InChI is InChI=1S/C18H12N2/c1-3-7-17-15(5-1)13(9-10-19-17)11-14-12-20-18-8-4-2-6-16(14)18/h1-12H. The maximum atomic E-state index is 4.45. The van der Waals surface area contributed by atoms with Crippen molar-refractivity contribution in [3.63, 3.8) is 0 Å². The summed E-state index contributed by atoms with van der Waals surface area (Å²) in [7, 11) is 0. The molecule has 0 atom stereocenters. The molecule has 0 bridgehead atoms. The zero-order valence-corrected chi connectivity index (χ0v) is 10.8. The highest BCUT2D eigenvalue weighted by Crippen LogP contribution is 2.32. The molecule has 0 unspecified atom stereocenters. The van der Waals surface area contributed by atoms with Crippen molar-refractivity contribution in [1.82, 2.24) is 4.98 Å². The molecule has 20 heavy (non-hydrogen) atoms. The van der Waals surface area contributed by atoms with Crippen LogP contribution in [0.5, 0.6) is 0 Å². The van der Waals surface area contributed by atoms with Crippen LogP contribution in [0.4, 0.5) is 5.69 Å². The van der Waals surface area contributed by atoms with Crippen molar-refractivity contribution in [2.24, 2.45) is 4.99 Å². The van der Waals surface area contributed by atoms with Crippen molar-refractivity contribution in [2.45, 2.75) is 0 Å². The Morgan fingerprint density at radius 1 is 0.850 bits per heavy atom. The number of fused-ring (bicyclic) bond motifs is 2. The SMILES string of the molecule is C1=Nc2ccccc2C1=Cc1ccnc2ccccc12. The molecule has 1 aliphatic rings. The molecule has 0 fully saturated rings. The van der Waals surface area contributed by atoms with Gasteiger partial charge < -0.3 is 0 Å². The summed E-state index contributed by atoms with van der Waals surface area (Å²) in [4.78, 5) is 8.85. The number of pyridine rings is 1. The van der Waals surface area contributed by atoms with Crippen molar-refractivity contribution in [3.05, 3.63) is 71.9 Å². The molecular formula is C18H12N2. The minimum absolute atomic E-state index is 1.02. The van der Waals surface area contributed by atoms with E-state index in [1.54, 1.807) is 0 Å². The van der Waals surface area contributed by atoms with Gasteiger partial charge in [-0.2, -0.15) is 0 Å². The first-order valence-electron chi connectivity index (χ1n) is 6.61. The molecule has 0 N–H and O–H groups in total. The lowest BCUT2D eigenvalue weighted by atomic mass is 10.0. The topological polar surface area (TPSA) is 25.2 Å². The van der Waals surface area contributed by atoms with Gasteiger partial charge in [0.05, 0.1) is 11.2 Å². The molecule has 0 amide bonds. The summed E-state index contributed by atoms with van der Waals surface area (Å²) in [5, 5.41) is 1.17. The van der Waals surface area contributed by atoms with Gasteiger partial charge in [-0.15, -0.1) is 0 Å². The van der Waals surface area contributed by atoms with E-state index in [-0.39, 0.29) is 0 Å². The zero-order chi connectivity index (χ0) is 13.4. The van der Waals surface area contributed by atoms with Crippen LogP contribution >= 0.6 is 0 Å². The summed E-state index contributed by atoms with van der Waals surface area (Å²) in [6, 6.07) is 18.5. The number of hydrogen-bond acceptors (Lipinski definition) is 2. The Labute approximate surface area is 117 Å². The van der Waals surface area contributed by atoms with E-state index in [9.17, 15) is 0 Å². The second-order valence-electron chi connectivity index (χ2n) is 4.79. The van der Waals surface area contributed by atoms with E-state index in [1.807, 2.05) is 54.9 Å². The van der Waals surface area contributed by atoms with Crippen LogP contribution in [-0.4, -0.2) is 11.2 Å². The number of aliphatic imine (C=N–C) groups is 1. The molecule has 1 aromatic heterocycles. The number of para-hydroxylation sites is 2. The first kappa shape index (κ1) is 11.1. The lowest BCUT2D eigenvalue weighted by Gasteiger charge is -2.03. The van der Waals surface area contributed by atoms with Gasteiger partial charge in [0.2, 0.25) is 0 Å². The number of allylic oxidation sites excluding steroid dienone is 1. The van der Waals surface area contributed by atoms with Gasteiger partial charge in [-0.1, -0.05) is 36.4 Å². The molecule has 0 saturated heterocycles. The fourth-order valence-electron chi connectivity index (χ4n) is 2.57. The zero-order valence-electron chi connectivity index (χ0n) is 10.8. The van der Waals surface area contributed by atoms with Gasteiger partial charge in [0.25, 0.3) is 0 Å². The third kappa shape index (κ3) is 1.74. The minimum atomic E-state index is 1.02. The molecule has 4 rings (SSSR count). The summed E-state index contributed by atoms with van der Waals surface area (Å²) in [5.41, 5.74) is 5.57. The third-order valence-electron chi connectivity index (χ3n) is 3.55. The Morgan fingerprint density at radius 2 is 1.70 bits per heavy atom. The smallest absolute Gasteiger partial charge is 0.0708 e. The van der Waals surface area contributed by atoms with E-state index in [2.05, 4.69) is 28.2 Å². The lowest BCUT2D eigenvalue weighted by Crippen LogP contribution is -1.84. The first-order chi connectivity index (χ1) is 9.92. The Bertz CT molecular complexity index is 855. The number of rotatable bonds is 1. The highest BCUT2D eigenvalue weighted by Gasteiger charge is 2.11. The molecular weight excluding hydrogens is 244 g/mol. The lowest BCUT2D eigenvalue weighted by molar-refractivity contribution is 1.41. The molecule has 1 aliphatic heterocycles. The molecule has 0 spiro atoms. The van der Waals surface area contributed by atoms with Gasteiger partial charge in [0.1, 0.15) is 0 Å². The monoisotopic (exact) mass is 256 g/mol. The molecule has 2 heterocycles. The Kier molecular flexibility index (Phi) is 2.46. The molecule has 3 aromatic rings. The molecule has 2 aromatic carbocycles. The first-order valence-corrected chi connectivity index (χ1v) is 6.61. The van der Waals surface area contributed by atoms with Gasteiger partial charge in [0, 0.05) is 28.9 Å². The molecule has 0 aliphatic carbocycles. The number of nitrogens with zero attached hydrogens (tertiary/aromatic N) is 2. The molecule has 0 saturated carbocycles. The minimum Gasteiger partial charge on any atom is -0.256 e. The average molecular weight is 256 g/mol. The number of hydrogen-bond donors (Lipinski definition) is 0. The maximum absolute atomic E-state index is 4.45. The van der Waals surface area contributed by atoms with E-state index >= 15 is 0 Å². The molecule has 0 radical (unpaired) electrons. The quantitative estimate of drug-likeness (QED) is 0.629. The number of aromatic nitrogens is 1. The Morgan fingerprint density at radius 3 is 2.70 bits per heavy atom. The molecule has 2 heteroatoms. The highest BCUT2D eigenvalue weighted by molar-refractivity contribution is 6.22. The normalized spacial score (nSPS) is 14.9. The van der Waals surface area contributed by atoms with Gasteiger partial charge in [0.15, 0.2) is 0 Å². The largest absolute Gasteiger partial charge is 0.256 e. The van der Waals surface area contributed by atoms with E-state index in [0.717, 1.165) is 16.8 Å². The third-order valence-corrected chi connectivity index (χ3v) is 3.55. The van der Waals surface area contributed by atoms with Crippen molar-refractivity contribution in [2.75, 3.05) is 0 Å². The van der Waals surface area contributed by atoms with Crippen LogP contribution in [0.2, 0.25) is 0 Å². The van der Waals surface area contributed by atoms with Crippen molar-refractivity contribution in [3.8, 4) is 0 Å². The fourth-order valence-corrected chi connectivity index (χ4v) is 2.57. The summed E-state index contributed by atoms with van der Waals surface area (Å²) >= 11 is 0. The maximum Gasteiger partial charge on any atom is 0.0708 e. The van der Waals surface area contributed by atoms with Crippen LogP contribution < -0.4 is 0 Å². The Hall–Kier alpha value is -2.74. The highest BCUT2D eigenvalue weighted by atomic mass is 14.8. The Balaban J connectivity index is 1.90. The van der Waals surface area contributed by atoms with Crippen LogP contribution in [0.15, 0.2) is 65.8 Å². The van der Waals surface area contributed by atoms with Crippen molar-refractivity contribution >= 4 is 34.5 Å². The van der Waals surface area contributed by atoms with Crippen LogP contribution in [0.25, 0.3) is 22.6 Å². The average Bonchev–Trinajstić information content (AvgIpc) is 2.91. The second-order valence-corrected chi connectivity index (χ2v) is 4.79. The predicted molar refractivity (Wildman–Crippen MR) is 84.2 cm³/mol.